The van der Waals surface area contributed by atoms with E-state index in [1.54, 1.807) is 11.1 Å². The van der Waals surface area contributed by atoms with E-state index in [4.69, 9.17) is 0 Å². The Balaban J connectivity index is 1.87. The summed E-state index contributed by atoms with van der Waals surface area (Å²) in [5, 5.41) is 0. The van der Waals surface area contributed by atoms with E-state index in [9.17, 15) is 9.59 Å². The predicted octanol–water partition coefficient (Wildman–Crippen LogP) is 1.14. The van der Waals surface area contributed by atoms with Gasteiger partial charge in [-0.2, -0.15) is 0 Å². The molecule has 0 saturated carbocycles. The molecule has 1 saturated heterocycles. The van der Waals surface area contributed by atoms with Gasteiger partial charge in [-0.15, -0.1) is 0 Å². The van der Waals surface area contributed by atoms with Crippen LogP contribution in [0.25, 0.3) is 0 Å². The van der Waals surface area contributed by atoms with Gasteiger partial charge in [0, 0.05) is 18.9 Å². The van der Waals surface area contributed by atoms with E-state index in [-0.39, 0.29) is 23.2 Å². The van der Waals surface area contributed by atoms with Gasteiger partial charge in [-0.05, 0) is 25.0 Å². The van der Waals surface area contributed by atoms with Gasteiger partial charge in [0.15, 0.2) is 0 Å². The summed E-state index contributed by atoms with van der Waals surface area (Å²) in [5.74, 6) is -0.172. The van der Waals surface area contributed by atoms with Crippen LogP contribution >= 0.6 is 0 Å². The number of aromatic amines is 1. The Kier molecular flexibility index (Phi) is 3.28. The van der Waals surface area contributed by atoms with Crippen molar-refractivity contribution in [1.29, 1.82) is 0 Å². The Morgan fingerprint density at radius 1 is 1.35 bits per heavy atom. The normalized spacial score (nSPS) is 18.2. The first-order chi connectivity index (χ1) is 9.75. The summed E-state index contributed by atoms with van der Waals surface area (Å²) < 4.78 is 0. The first-order valence-corrected chi connectivity index (χ1v) is 6.52. The van der Waals surface area contributed by atoms with Crippen LogP contribution in [0.4, 0.5) is 0 Å². The largest absolute Gasteiger partial charge is 0.329 e. The van der Waals surface area contributed by atoms with E-state index in [1.165, 1.54) is 6.20 Å². The number of hydrogen-bond donors (Lipinski definition) is 1. The second-order valence-corrected chi connectivity index (χ2v) is 4.71. The van der Waals surface area contributed by atoms with Crippen LogP contribution in [0.15, 0.2) is 41.6 Å². The third-order valence-corrected chi connectivity index (χ3v) is 3.43. The molecule has 6 nitrogen and oxygen atoms in total. The SMILES string of the molecule is O=C(c1c[nH]c(=O)cn1)N1CCC[C@H]1c1ccccn1. The average molecular weight is 270 g/mol. The number of rotatable bonds is 2. The number of carbonyl (C=O) groups excluding carboxylic acids is 1. The van der Waals surface area contributed by atoms with Gasteiger partial charge in [0.05, 0.1) is 17.9 Å². The van der Waals surface area contributed by atoms with E-state index >= 15 is 0 Å². The molecule has 3 rings (SSSR count). The molecule has 0 bridgehead atoms. The van der Waals surface area contributed by atoms with E-state index in [0.717, 1.165) is 24.7 Å². The zero-order valence-electron chi connectivity index (χ0n) is 10.8. The molecule has 20 heavy (non-hydrogen) atoms. The molecule has 1 atom stereocenters. The Hall–Kier alpha value is -2.50. The number of nitrogens with zero attached hydrogens (tertiary/aromatic N) is 3. The van der Waals surface area contributed by atoms with Crippen molar-refractivity contribution in [2.24, 2.45) is 0 Å². The van der Waals surface area contributed by atoms with Crippen molar-refractivity contribution in [3.8, 4) is 0 Å². The summed E-state index contributed by atoms with van der Waals surface area (Å²) in [6.45, 7) is 0.681. The highest BCUT2D eigenvalue weighted by Crippen LogP contribution is 2.31. The molecule has 0 unspecified atom stereocenters. The number of likely N-dealkylation sites (tertiary alicyclic amines) is 1. The van der Waals surface area contributed by atoms with Crippen molar-refractivity contribution in [1.82, 2.24) is 19.9 Å². The van der Waals surface area contributed by atoms with Crippen LogP contribution in [0.2, 0.25) is 0 Å². The zero-order chi connectivity index (χ0) is 13.9. The summed E-state index contributed by atoms with van der Waals surface area (Å²) >= 11 is 0. The molecule has 6 heteroatoms. The maximum atomic E-state index is 12.5. The molecule has 0 radical (unpaired) electrons. The van der Waals surface area contributed by atoms with Gasteiger partial charge in [-0.3, -0.25) is 14.6 Å². The second-order valence-electron chi connectivity index (χ2n) is 4.71. The van der Waals surface area contributed by atoms with E-state index in [0.29, 0.717) is 6.54 Å². The number of hydrogen-bond acceptors (Lipinski definition) is 4. The first-order valence-electron chi connectivity index (χ1n) is 6.52. The van der Waals surface area contributed by atoms with Gasteiger partial charge in [0.25, 0.3) is 11.5 Å². The molecule has 1 aliphatic rings. The third kappa shape index (κ3) is 2.32. The quantitative estimate of drug-likeness (QED) is 0.887. The molecular weight excluding hydrogens is 256 g/mol. The Labute approximate surface area is 115 Å². The van der Waals surface area contributed by atoms with E-state index in [1.807, 2.05) is 18.2 Å². The van der Waals surface area contributed by atoms with Crippen LogP contribution in [0.3, 0.4) is 0 Å². The predicted molar refractivity (Wildman–Crippen MR) is 72.1 cm³/mol. The molecule has 2 aromatic rings. The molecule has 0 spiro atoms. The van der Waals surface area contributed by atoms with Crippen LogP contribution in [-0.2, 0) is 0 Å². The second kappa shape index (κ2) is 5.24. The topological polar surface area (TPSA) is 79.0 Å². The van der Waals surface area contributed by atoms with Gasteiger partial charge in [-0.1, -0.05) is 6.07 Å². The van der Waals surface area contributed by atoms with Crippen molar-refractivity contribution in [3.05, 3.63) is 58.5 Å². The minimum atomic E-state index is -0.316. The Morgan fingerprint density at radius 2 is 2.25 bits per heavy atom. The average Bonchev–Trinajstić information content (AvgIpc) is 2.97. The number of pyridine rings is 1. The fraction of sp³-hybridized carbons (Fsp3) is 0.286. The van der Waals surface area contributed by atoms with Crippen molar-refractivity contribution >= 4 is 5.91 Å². The molecular formula is C14H14N4O2. The number of nitrogens with one attached hydrogen (secondary N) is 1. The molecule has 0 aromatic carbocycles. The molecule has 1 amide bonds. The fourth-order valence-electron chi connectivity index (χ4n) is 2.50. The Morgan fingerprint density at radius 3 is 2.95 bits per heavy atom. The molecule has 2 aromatic heterocycles. The third-order valence-electron chi connectivity index (χ3n) is 3.43. The van der Waals surface area contributed by atoms with Crippen molar-refractivity contribution in [2.75, 3.05) is 6.54 Å². The summed E-state index contributed by atoms with van der Waals surface area (Å²) in [6, 6.07) is 5.68. The van der Waals surface area contributed by atoms with Gasteiger partial charge in [-0.25, -0.2) is 4.98 Å². The lowest BCUT2D eigenvalue weighted by Gasteiger charge is -2.23. The molecule has 1 fully saturated rings. The van der Waals surface area contributed by atoms with Crippen LogP contribution in [0, 0.1) is 0 Å². The van der Waals surface area contributed by atoms with Crippen molar-refractivity contribution < 1.29 is 4.79 Å². The Bertz CT molecular complexity index is 648. The number of amides is 1. The van der Waals surface area contributed by atoms with Gasteiger partial charge in [0.1, 0.15) is 5.69 Å². The van der Waals surface area contributed by atoms with Crippen LogP contribution in [0.5, 0.6) is 0 Å². The van der Waals surface area contributed by atoms with Crippen molar-refractivity contribution in [3.63, 3.8) is 0 Å². The summed E-state index contributed by atoms with van der Waals surface area (Å²) in [6.07, 6.45) is 6.05. The summed E-state index contributed by atoms with van der Waals surface area (Å²) in [4.78, 5) is 35.9. The lowest BCUT2D eigenvalue weighted by molar-refractivity contribution is 0.0726. The van der Waals surface area contributed by atoms with Crippen molar-refractivity contribution in [2.45, 2.75) is 18.9 Å². The minimum absolute atomic E-state index is 0.0163. The van der Waals surface area contributed by atoms with E-state index < -0.39 is 0 Å². The van der Waals surface area contributed by atoms with Gasteiger partial charge >= 0.3 is 0 Å². The summed E-state index contributed by atoms with van der Waals surface area (Å²) in [5.41, 5.74) is 0.833. The standard InChI is InChI=1S/C14H14N4O2/c19-13-9-16-11(8-17-13)14(20)18-7-3-5-12(18)10-4-1-2-6-15-10/h1-2,4,6,8-9,12H,3,5,7H2,(H,17,19)/t12-/m0/s1. The molecule has 102 valence electrons. The van der Waals surface area contributed by atoms with Crippen LogP contribution in [-0.4, -0.2) is 32.3 Å². The fourth-order valence-corrected chi connectivity index (χ4v) is 2.50. The van der Waals surface area contributed by atoms with Crippen LogP contribution < -0.4 is 5.56 Å². The van der Waals surface area contributed by atoms with E-state index in [2.05, 4.69) is 15.0 Å². The number of aromatic nitrogens is 3. The maximum absolute atomic E-state index is 12.5. The number of H-pyrrole nitrogens is 1. The van der Waals surface area contributed by atoms with Gasteiger partial charge < -0.3 is 9.88 Å². The smallest absolute Gasteiger partial charge is 0.274 e. The molecule has 1 N–H and O–H groups in total. The monoisotopic (exact) mass is 270 g/mol. The first kappa shape index (κ1) is 12.5. The maximum Gasteiger partial charge on any atom is 0.274 e. The highest BCUT2D eigenvalue weighted by molar-refractivity contribution is 5.92. The minimum Gasteiger partial charge on any atom is -0.329 e. The highest BCUT2D eigenvalue weighted by Gasteiger charge is 2.31. The molecule has 3 heterocycles. The summed E-state index contributed by atoms with van der Waals surface area (Å²) in [7, 11) is 0. The lowest BCUT2D eigenvalue weighted by Crippen LogP contribution is -2.32. The lowest BCUT2D eigenvalue weighted by atomic mass is 10.1. The zero-order valence-corrected chi connectivity index (χ0v) is 10.8. The van der Waals surface area contributed by atoms with Crippen LogP contribution in [0.1, 0.15) is 35.1 Å². The number of carbonyl (C=O) groups is 1. The highest BCUT2D eigenvalue weighted by atomic mass is 16.2. The molecule has 0 aliphatic carbocycles. The van der Waals surface area contributed by atoms with Gasteiger partial charge in [0.2, 0.25) is 0 Å². The molecule has 1 aliphatic heterocycles.